The second-order valence-electron chi connectivity index (χ2n) is 3.10. The van der Waals surface area contributed by atoms with Crippen LogP contribution < -0.4 is 5.32 Å². The number of nitrogens with zero attached hydrogens (tertiary/aromatic N) is 2. The van der Waals surface area contributed by atoms with Crippen LogP contribution >= 0.6 is 11.6 Å². The van der Waals surface area contributed by atoms with Crippen LogP contribution in [0.5, 0.6) is 0 Å². The van der Waals surface area contributed by atoms with E-state index in [1.807, 2.05) is 0 Å². The molecule has 0 radical (unpaired) electrons. The minimum absolute atomic E-state index is 0.104. The summed E-state index contributed by atoms with van der Waals surface area (Å²) in [6.45, 7) is 0.405. The van der Waals surface area contributed by atoms with E-state index in [9.17, 15) is 13.2 Å². The lowest BCUT2D eigenvalue weighted by Crippen LogP contribution is -2.34. The fourth-order valence-corrected chi connectivity index (χ4v) is 3.15. The molecule has 1 aromatic rings. The number of carbonyl (C=O) groups is 1. The molecule has 16 heavy (non-hydrogen) atoms. The fraction of sp³-hybridized carbons (Fsp3) is 0.250. The highest BCUT2D eigenvalue weighted by Gasteiger charge is 2.34. The number of rotatable bonds is 2. The second kappa shape index (κ2) is 3.91. The van der Waals surface area contributed by atoms with E-state index in [-0.39, 0.29) is 16.6 Å². The zero-order chi connectivity index (χ0) is 11.8. The first kappa shape index (κ1) is 11.2. The second-order valence-corrected chi connectivity index (χ2v) is 5.29. The summed E-state index contributed by atoms with van der Waals surface area (Å²) in [7, 11) is -3.89. The first-order valence-electron chi connectivity index (χ1n) is 4.44. The van der Waals surface area contributed by atoms with Crippen molar-refractivity contribution < 1.29 is 13.2 Å². The smallest absolute Gasteiger partial charge is 0.331 e. The largest absolute Gasteiger partial charge is 0.335 e. The Labute approximate surface area is 97.3 Å². The van der Waals surface area contributed by atoms with Crippen LogP contribution in [-0.4, -0.2) is 36.8 Å². The maximum Gasteiger partial charge on any atom is 0.331 e. The molecule has 0 saturated carbocycles. The number of nitrogens with one attached hydrogen (secondary N) is 1. The van der Waals surface area contributed by atoms with Gasteiger partial charge >= 0.3 is 6.03 Å². The third-order valence-corrected chi connectivity index (χ3v) is 4.34. The van der Waals surface area contributed by atoms with Crippen molar-refractivity contribution in [2.24, 2.45) is 0 Å². The summed E-state index contributed by atoms with van der Waals surface area (Å²) in [6, 6.07) is 2.13. The molecule has 0 spiro atoms. The van der Waals surface area contributed by atoms with Crippen molar-refractivity contribution in [3.8, 4) is 0 Å². The minimum atomic E-state index is -3.89. The van der Waals surface area contributed by atoms with Crippen LogP contribution in [-0.2, 0) is 10.0 Å². The topological polar surface area (TPSA) is 79.4 Å². The van der Waals surface area contributed by atoms with Gasteiger partial charge in [-0.3, -0.25) is 0 Å². The van der Waals surface area contributed by atoms with Crippen LogP contribution in [0.2, 0.25) is 5.15 Å². The van der Waals surface area contributed by atoms with Crippen molar-refractivity contribution >= 4 is 27.7 Å². The van der Waals surface area contributed by atoms with Crippen molar-refractivity contribution in [1.29, 1.82) is 0 Å². The Morgan fingerprint density at radius 3 is 2.81 bits per heavy atom. The van der Waals surface area contributed by atoms with E-state index >= 15 is 0 Å². The Bertz CT molecular complexity index is 531. The lowest BCUT2D eigenvalue weighted by atomic mass is 10.5. The highest BCUT2D eigenvalue weighted by Crippen LogP contribution is 2.22. The van der Waals surface area contributed by atoms with E-state index in [1.54, 1.807) is 0 Å². The van der Waals surface area contributed by atoms with Crippen LogP contribution in [0.25, 0.3) is 0 Å². The van der Waals surface area contributed by atoms with Gasteiger partial charge in [0.2, 0.25) is 0 Å². The molecule has 8 heteroatoms. The molecule has 1 fully saturated rings. The molecule has 2 heterocycles. The maximum absolute atomic E-state index is 12.0. The summed E-state index contributed by atoms with van der Waals surface area (Å²) in [6.07, 6.45) is 1.38. The predicted molar refractivity (Wildman–Crippen MR) is 56.5 cm³/mol. The summed E-state index contributed by atoms with van der Waals surface area (Å²) in [5.74, 6) is 0. The third-order valence-electron chi connectivity index (χ3n) is 2.11. The fourth-order valence-electron chi connectivity index (χ4n) is 1.37. The molecule has 1 N–H and O–H groups in total. The molecular formula is C8H8ClN3O3S. The number of aromatic nitrogens is 1. The molecule has 0 atom stereocenters. The van der Waals surface area contributed by atoms with Crippen LogP contribution in [0, 0.1) is 0 Å². The Hall–Kier alpha value is -1.34. The quantitative estimate of drug-likeness (QED) is 0.784. The molecule has 2 rings (SSSR count). The van der Waals surface area contributed by atoms with Gasteiger partial charge in [0, 0.05) is 12.7 Å². The molecule has 0 bridgehead atoms. The number of carbonyl (C=O) groups excluding carboxylic acids is 1. The highest BCUT2D eigenvalue weighted by atomic mass is 35.5. The Kier molecular flexibility index (Phi) is 2.73. The van der Waals surface area contributed by atoms with Crippen molar-refractivity contribution in [3.05, 3.63) is 23.5 Å². The SMILES string of the molecule is O=C1NCCN1S(=O)(=O)c1cccnc1Cl. The van der Waals surface area contributed by atoms with Crippen LogP contribution in [0.15, 0.2) is 23.2 Å². The predicted octanol–water partition coefficient (Wildman–Crippen LogP) is 0.449. The molecule has 1 aliphatic rings. The average Bonchev–Trinajstić information content (AvgIpc) is 2.65. The van der Waals surface area contributed by atoms with Gasteiger partial charge in [-0.15, -0.1) is 0 Å². The summed E-state index contributed by atoms with van der Waals surface area (Å²) >= 11 is 5.69. The Balaban J connectivity index is 2.47. The van der Waals surface area contributed by atoms with Crippen molar-refractivity contribution in [2.45, 2.75) is 4.90 Å². The van der Waals surface area contributed by atoms with E-state index in [1.165, 1.54) is 18.3 Å². The summed E-state index contributed by atoms with van der Waals surface area (Å²) in [4.78, 5) is 14.8. The lowest BCUT2D eigenvalue weighted by molar-refractivity contribution is 0.236. The molecule has 1 aliphatic heterocycles. The van der Waals surface area contributed by atoms with Crippen LogP contribution in [0.1, 0.15) is 0 Å². The van der Waals surface area contributed by atoms with Crippen molar-refractivity contribution in [1.82, 2.24) is 14.6 Å². The van der Waals surface area contributed by atoms with Gasteiger partial charge in [0.25, 0.3) is 10.0 Å². The maximum atomic E-state index is 12.0. The minimum Gasteiger partial charge on any atom is -0.335 e. The number of sulfonamides is 1. The van der Waals surface area contributed by atoms with Gasteiger partial charge in [-0.25, -0.2) is 22.5 Å². The molecule has 0 unspecified atom stereocenters. The zero-order valence-electron chi connectivity index (χ0n) is 8.05. The molecule has 0 aliphatic carbocycles. The van der Waals surface area contributed by atoms with E-state index in [2.05, 4.69) is 10.3 Å². The van der Waals surface area contributed by atoms with Gasteiger partial charge in [-0.1, -0.05) is 11.6 Å². The zero-order valence-corrected chi connectivity index (χ0v) is 9.62. The van der Waals surface area contributed by atoms with E-state index in [0.717, 1.165) is 4.31 Å². The summed E-state index contributed by atoms with van der Waals surface area (Å²) in [5, 5.41) is 2.27. The molecular weight excluding hydrogens is 254 g/mol. The number of urea groups is 1. The van der Waals surface area contributed by atoms with E-state index < -0.39 is 16.1 Å². The highest BCUT2D eigenvalue weighted by molar-refractivity contribution is 7.89. The normalized spacial score (nSPS) is 16.3. The standard InChI is InChI=1S/C8H8ClN3O3S/c9-7-6(2-1-3-10-7)16(14,15)12-5-4-11-8(12)13/h1-3H,4-5H2,(H,11,13). The molecule has 1 saturated heterocycles. The third kappa shape index (κ3) is 1.72. The first-order chi connectivity index (χ1) is 7.53. The first-order valence-corrected chi connectivity index (χ1v) is 6.26. The average molecular weight is 262 g/mol. The Morgan fingerprint density at radius 1 is 1.50 bits per heavy atom. The van der Waals surface area contributed by atoms with Crippen molar-refractivity contribution in [2.75, 3.05) is 13.1 Å². The van der Waals surface area contributed by atoms with Gasteiger partial charge in [0.15, 0.2) is 0 Å². The van der Waals surface area contributed by atoms with Gasteiger partial charge in [0.05, 0.1) is 6.54 Å². The monoisotopic (exact) mass is 261 g/mol. The van der Waals surface area contributed by atoms with E-state index in [0.29, 0.717) is 6.54 Å². The summed E-state index contributed by atoms with van der Waals surface area (Å²) in [5.41, 5.74) is 0. The van der Waals surface area contributed by atoms with Gasteiger partial charge < -0.3 is 5.32 Å². The number of amides is 2. The molecule has 86 valence electrons. The molecule has 2 amide bonds. The van der Waals surface area contributed by atoms with Crippen LogP contribution in [0.4, 0.5) is 4.79 Å². The number of halogens is 1. The molecule has 0 aromatic carbocycles. The van der Waals surface area contributed by atoms with Gasteiger partial charge in [-0.05, 0) is 12.1 Å². The Morgan fingerprint density at radius 2 is 2.25 bits per heavy atom. The van der Waals surface area contributed by atoms with E-state index in [4.69, 9.17) is 11.6 Å². The molecule has 6 nitrogen and oxygen atoms in total. The molecule has 1 aromatic heterocycles. The number of pyridine rings is 1. The van der Waals surface area contributed by atoms with Crippen LogP contribution in [0.3, 0.4) is 0 Å². The number of hydrogen-bond acceptors (Lipinski definition) is 4. The summed E-state index contributed by atoms with van der Waals surface area (Å²) < 4.78 is 24.8. The lowest BCUT2D eigenvalue weighted by Gasteiger charge is -2.14. The van der Waals surface area contributed by atoms with Gasteiger partial charge in [-0.2, -0.15) is 0 Å². The number of hydrogen-bond donors (Lipinski definition) is 1. The van der Waals surface area contributed by atoms with Crippen molar-refractivity contribution in [3.63, 3.8) is 0 Å². The van der Waals surface area contributed by atoms with Gasteiger partial charge in [0.1, 0.15) is 10.0 Å².